The molecule has 0 atom stereocenters. The monoisotopic (exact) mass is 366 g/mol. The van der Waals surface area contributed by atoms with Crippen molar-refractivity contribution < 1.29 is 19.7 Å². The molecule has 0 fully saturated rings. The van der Waals surface area contributed by atoms with Crippen molar-refractivity contribution in [3.8, 4) is 0 Å². The fourth-order valence-electron chi connectivity index (χ4n) is 2.18. The van der Waals surface area contributed by atoms with E-state index in [1.807, 2.05) is 0 Å². The number of allylic oxidation sites excluding steroid dienone is 3. The van der Waals surface area contributed by atoms with Crippen molar-refractivity contribution in [2.45, 2.75) is 0 Å². The minimum absolute atomic E-state index is 0.135. The summed E-state index contributed by atoms with van der Waals surface area (Å²) in [5, 5.41) is 31.6. The zero-order valence-electron chi connectivity index (χ0n) is 13.9. The van der Waals surface area contributed by atoms with Crippen molar-refractivity contribution in [1.29, 1.82) is 0 Å². The molecule has 0 saturated heterocycles. The zero-order chi connectivity index (χ0) is 19.8. The summed E-state index contributed by atoms with van der Waals surface area (Å²) < 4.78 is 0. The molecule has 0 aromatic heterocycles. The van der Waals surface area contributed by atoms with E-state index in [1.165, 1.54) is 48.6 Å². The van der Waals surface area contributed by atoms with Gasteiger partial charge in [0.15, 0.2) is 5.78 Å². The number of ketones is 1. The number of carbonyl (C=O) groups excluding carboxylic acids is 1. The first-order valence-electron chi connectivity index (χ1n) is 7.66. The van der Waals surface area contributed by atoms with E-state index in [1.54, 1.807) is 12.1 Å². The normalized spacial score (nSPS) is 11.8. The number of hydrogen-bond acceptors (Lipinski definition) is 6. The third-order valence-corrected chi connectivity index (χ3v) is 3.42. The van der Waals surface area contributed by atoms with E-state index in [0.29, 0.717) is 0 Å². The number of carbonyl (C=O) groups is 1. The molecule has 8 heteroatoms. The Kier molecular flexibility index (Phi) is 6.32. The largest absolute Gasteiger partial charge is 0.508 e. The number of para-hydroxylation sites is 2. The summed E-state index contributed by atoms with van der Waals surface area (Å²) in [4.78, 5) is 32.6. The van der Waals surface area contributed by atoms with Crippen LogP contribution in [0.25, 0.3) is 12.2 Å². The van der Waals surface area contributed by atoms with Crippen LogP contribution in [0.4, 0.5) is 11.4 Å². The summed E-state index contributed by atoms with van der Waals surface area (Å²) >= 11 is 0. The second kappa shape index (κ2) is 8.86. The Labute approximate surface area is 153 Å². The maximum atomic E-state index is 11.9. The predicted molar refractivity (Wildman–Crippen MR) is 100.0 cm³/mol. The van der Waals surface area contributed by atoms with Crippen molar-refractivity contribution in [1.82, 2.24) is 0 Å². The smallest absolute Gasteiger partial charge is 0.276 e. The lowest BCUT2D eigenvalue weighted by atomic mass is 10.1. The van der Waals surface area contributed by atoms with E-state index in [0.717, 1.165) is 18.2 Å². The summed E-state index contributed by atoms with van der Waals surface area (Å²) in [7, 11) is 0. The minimum atomic E-state index is -0.599. The van der Waals surface area contributed by atoms with Gasteiger partial charge in [-0.1, -0.05) is 24.3 Å². The molecule has 2 aromatic carbocycles. The number of aliphatic hydroxyl groups is 1. The van der Waals surface area contributed by atoms with Gasteiger partial charge in [-0.15, -0.1) is 0 Å². The average Bonchev–Trinajstić information content (AvgIpc) is 2.65. The number of nitro benzene ring substituents is 2. The molecule has 0 spiro atoms. The van der Waals surface area contributed by atoms with Gasteiger partial charge >= 0.3 is 0 Å². The predicted octanol–water partition coefficient (Wildman–Crippen LogP) is 4.24. The van der Waals surface area contributed by atoms with Crippen molar-refractivity contribution in [3.63, 3.8) is 0 Å². The second-order valence-corrected chi connectivity index (χ2v) is 5.27. The van der Waals surface area contributed by atoms with Crippen LogP contribution >= 0.6 is 0 Å². The fourth-order valence-corrected chi connectivity index (χ4v) is 2.18. The van der Waals surface area contributed by atoms with E-state index in [2.05, 4.69) is 0 Å². The fraction of sp³-hybridized carbons (Fsp3) is 0. The van der Waals surface area contributed by atoms with Gasteiger partial charge in [-0.05, 0) is 36.4 Å². The van der Waals surface area contributed by atoms with Crippen LogP contribution < -0.4 is 0 Å². The number of nitro groups is 2. The molecule has 0 radical (unpaired) electrons. The van der Waals surface area contributed by atoms with Gasteiger partial charge < -0.3 is 5.11 Å². The van der Waals surface area contributed by atoms with Gasteiger partial charge in [0.05, 0.1) is 21.0 Å². The Bertz CT molecular complexity index is 976. The molecular formula is C19H14N2O6. The summed E-state index contributed by atoms with van der Waals surface area (Å²) in [5.41, 5.74) is 0.236. The molecule has 0 aliphatic rings. The lowest BCUT2D eigenvalue weighted by Gasteiger charge is -1.97. The lowest BCUT2D eigenvalue weighted by molar-refractivity contribution is -0.385. The molecule has 0 amide bonds. The van der Waals surface area contributed by atoms with Crippen LogP contribution in [0.3, 0.4) is 0 Å². The van der Waals surface area contributed by atoms with E-state index in [-0.39, 0.29) is 22.5 Å². The number of nitrogens with zero attached hydrogens (tertiary/aromatic N) is 2. The highest BCUT2D eigenvalue weighted by atomic mass is 16.6. The first-order chi connectivity index (χ1) is 12.9. The topological polar surface area (TPSA) is 124 Å². The highest BCUT2D eigenvalue weighted by Gasteiger charge is 2.10. The van der Waals surface area contributed by atoms with Crippen LogP contribution in [0.5, 0.6) is 0 Å². The molecule has 2 aromatic rings. The molecule has 136 valence electrons. The van der Waals surface area contributed by atoms with Crippen molar-refractivity contribution in [3.05, 3.63) is 104 Å². The molecular weight excluding hydrogens is 352 g/mol. The third-order valence-electron chi connectivity index (χ3n) is 3.42. The van der Waals surface area contributed by atoms with Crippen LogP contribution in [0.1, 0.15) is 11.1 Å². The molecule has 0 aliphatic heterocycles. The zero-order valence-corrected chi connectivity index (χ0v) is 13.9. The van der Waals surface area contributed by atoms with Crippen LogP contribution in [-0.2, 0) is 4.79 Å². The summed E-state index contributed by atoms with van der Waals surface area (Å²) in [6, 6.07) is 11.8. The Morgan fingerprint density at radius 2 is 1.26 bits per heavy atom. The minimum Gasteiger partial charge on any atom is -0.508 e. The SMILES string of the molecule is O=C(/C=C(O)/C=C/c1ccccc1[N+](=O)[O-])/C=C/c1ccccc1[N+](=O)[O-]. The Hall–Kier alpha value is -4.07. The molecule has 0 aliphatic carbocycles. The highest BCUT2D eigenvalue weighted by molar-refractivity contribution is 6.02. The Morgan fingerprint density at radius 3 is 1.74 bits per heavy atom. The molecule has 0 unspecified atom stereocenters. The first kappa shape index (κ1) is 19.3. The van der Waals surface area contributed by atoms with Gasteiger partial charge in [-0.25, -0.2) is 0 Å². The third kappa shape index (κ3) is 5.46. The highest BCUT2D eigenvalue weighted by Crippen LogP contribution is 2.20. The van der Waals surface area contributed by atoms with Crippen LogP contribution in [-0.4, -0.2) is 20.7 Å². The van der Waals surface area contributed by atoms with Crippen LogP contribution in [0, 0.1) is 20.2 Å². The average molecular weight is 366 g/mol. The molecule has 0 heterocycles. The number of benzene rings is 2. The Morgan fingerprint density at radius 1 is 0.815 bits per heavy atom. The lowest BCUT2D eigenvalue weighted by Crippen LogP contribution is -1.92. The maximum Gasteiger partial charge on any atom is 0.276 e. The Balaban J connectivity index is 2.14. The number of hydrogen-bond donors (Lipinski definition) is 1. The van der Waals surface area contributed by atoms with Gasteiger partial charge in [0.1, 0.15) is 5.76 Å². The van der Waals surface area contributed by atoms with Crippen LogP contribution in [0.15, 0.2) is 72.5 Å². The maximum absolute atomic E-state index is 11.9. The quantitative estimate of drug-likeness (QED) is 0.257. The molecule has 0 bridgehead atoms. The van der Waals surface area contributed by atoms with E-state index < -0.39 is 21.4 Å². The summed E-state index contributed by atoms with van der Waals surface area (Å²) in [6.45, 7) is 0. The van der Waals surface area contributed by atoms with Crippen molar-refractivity contribution in [2.75, 3.05) is 0 Å². The first-order valence-corrected chi connectivity index (χ1v) is 7.66. The van der Waals surface area contributed by atoms with E-state index >= 15 is 0 Å². The van der Waals surface area contributed by atoms with E-state index in [4.69, 9.17) is 0 Å². The summed E-state index contributed by atoms with van der Waals surface area (Å²) in [6.07, 6.45) is 5.71. The van der Waals surface area contributed by atoms with Gasteiger partial charge in [0.2, 0.25) is 0 Å². The van der Waals surface area contributed by atoms with Crippen LogP contribution in [0.2, 0.25) is 0 Å². The van der Waals surface area contributed by atoms with Gasteiger partial charge in [-0.2, -0.15) is 0 Å². The number of rotatable bonds is 7. The van der Waals surface area contributed by atoms with Crippen molar-refractivity contribution >= 4 is 29.3 Å². The van der Waals surface area contributed by atoms with Crippen molar-refractivity contribution in [2.24, 2.45) is 0 Å². The standard InChI is InChI=1S/C19H14N2O6/c22-16(11-9-14-5-1-3-7-18(14)20(24)25)13-17(23)12-10-15-6-2-4-8-19(15)21(26)27/h1-13,22H/b11-9+,12-10+,16-13-. The second-order valence-electron chi connectivity index (χ2n) is 5.27. The molecule has 1 N–H and O–H groups in total. The van der Waals surface area contributed by atoms with Gasteiger partial charge in [-0.3, -0.25) is 25.0 Å². The molecule has 2 rings (SSSR count). The van der Waals surface area contributed by atoms with Gasteiger partial charge in [0, 0.05) is 18.2 Å². The summed E-state index contributed by atoms with van der Waals surface area (Å²) in [5.74, 6) is -1.01. The van der Waals surface area contributed by atoms with E-state index in [9.17, 15) is 30.1 Å². The molecule has 0 saturated carbocycles. The molecule has 27 heavy (non-hydrogen) atoms. The number of aliphatic hydroxyl groups excluding tert-OH is 1. The molecule has 8 nitrogen and oxygen atoms in total. The van der Waals surface area contributed by atoms with Gasteiger partial charge in [0.25, 0.3) is 11.4 Å².